The van der Waals surface area contributed by atoms with Crippen molar-refractivity contribution in [3.8, 4) is 0 Å². The number of nitrogens with one attached hydrogen (secondary N) is 1. The number of hydrogen-bond donors (Lipinski definition) is 2. The molecule has 6 nitrogen and oxygen atoms in total. The van der Waals surface area contributed by atoms with Gasteiger partial charge in [0.15, 0.2) is 5.82 Å². The fourth-order valence-electron chi connectivity index (χ4n) is 2.45. The Hall–Kier alpha value is -1.43. The van der Waals surface area contributed by atoms with Gasteiger partial charge in [-0.25, -0.2) is 4.98 Å². The van der Waals surface area contributed by atoms with Crippen LogP contribution in [-0.4, -0.2) is 39.1 Å². The third kappa shape index (κ3) is 4.02. The number of carbonyl (C=O) groups is 1. The minimum absolute atomic E-state index is 0.0440. The average molecular weight is 265 g/mol. The first-order valence-electron chi connectivity index (χ1n) is 6.96. The number of piperidine rings is 1. The summed E-state index contributed by atoms with van der Waals surface area (Å²) in [6, 6.07) is 0. The molecule has 1 aliphatic rings. The SMILES string of the molecule is CC(C)Cc1n[nH]c(CN2CCC(C(N)=O)CC2)n1. The van der Waals surface area contributed by atoms with E-state index in [1.165, 1.54) is 0 Å². The van der Waals surface area contributed by atoms with E-state index in [-0.39, 0.29) is 11.8 Å². The summed E-state index contributed by atoms with van der Waals surface area (Å²) in [5.74, 6) is 2.24. The maximum absolute atomic E-state index is 11.1. The van der Waals surface area contributed by atoms with Crippen molar-refractivity contribution in [2.75, 3.05) is 13.1 Å². The van der Waals surface area contributed by atoms with Gasteiger partial charge < -0.3 is 5.73 Å². The molecule has 0 radical (unpaired) electrons. The van der Waals surface area contributed by atoms with E-state index in [4.69, 9.17) is 5.73 Å². The number of carbonyl (C=O) groups excluding carboxylic acids is 1. The lowest BCUT2D eigenvalue weighted by Gasteiger charge is -2.29. The molecule has 1 amide bonds. The van der Waals surface area contributed by atoms with Crippen LogP contribution in [0.25, 0.3) is 0 Å². The lowest BCUT2D eigenvalue weighted by molar-refractivity contribution is -0.123. The van der Waals surface area contributed by atoms with Gasteiger partial charge in [0.25, 0.3) is 0 Å². The molecule has 0 aliphatic carbocycles. The van der Waals surface area contributed by atoms with E-state index < -0.39 is 0 Å². The van der Waals surface area contributed by atoms with Crippen LogP contribution in [0, 0.1) is 11.8 Å². The fraction of sp³-hybridized carbons (Fsp3) is 0.769. The molecule has 2 heterocycles. The van der Waals surface area contributed by atoms with Crippen molar-refractivity contribution in [2.24, 2.45) is 17.6 Å². The van der Waals surface area contributed by atoms with Crippen LogP contribution in [0.2, 0.25) is 0 Å². The highest BCUT2D eigenvalue weighted by molar-refractivity contribution is 5.76. The van der Waals surface area contributed by atoms with Crippen LogP contribution in [-0.2, 0) is 17.8 Å². The first kappa shape index (κ1) is 14.0. The highest BCUT2D eigenvalue weighted by atomic mass is 16.1. The minimum Gasteiger partial charge on any atom is -0.369 e. The van der Waals surface area contributed by atoms with Crippen molar-refractivity contribution >= 4 is 5.91 Å². The Morgan fingerprint density at radius 2 is 2.16 bits per heavy atom. The molecule has 0 bridgehead atoms. The van der Waals surface area contributed by atoms with Gasteiger partial charge in [0, 0.05) is 12.3 Å². The number of likely N-dealkylation sites (tertiary alicyclic amines) is 1. The van der Waals surface area contributed by atoms with E-state index >= 15 is 0 Å². The molecule has 0 saturated carbocycles. The molecule has 6 heteroatoms. The number of H-pyrrole nitrogens is 1. The Balaban J connectivity index is 1.82. The van der Waals surface area contributed by atoms with E-state index in [9.17, 15) is 4.79 Å². The van der Waals surface area contributed by atoms with E-state index in [2.05, 4.69) is 33.9 Å². The van der Waals surface area contributed by atoms with Crippen molar-refractivity contribution in [1.29, 1.82) is 0 Å². The third-order valence-electron chi connectivity index (χ3n) is 3.53. The summed E-state index contributed by atoms with van der Waals surface area (Å²) in [6.07, 6.45) is 2.60. The minimum atomic E-state index is -0.168. The number of aromatic nitrogens is 3. The van der Waals surface area contributed by atoms with Crippen LogP contribution in [0.15, 0.2) is 0 Å². The van der Waals surface area contributed by atoms with Crippen LogP contribution in [0.5, 0.6) is 0 Å². The van der Waals surface area contributed by atoms with Crippen LogP contribution in [0.1, 0.15) is 38.3 Å². The smallest absolute Gasteiger partial charge is 0.220 e. The van der Waals surface area contributed by atoms with Crippen molar-refractivity contribution in [2.45, 2.75) is 39.7 Å². The van der Waals surface area contributed by atoms with Gasteiger partial charge in [0.2, 0.25) is 5.91 Å². The molecule has 2 rings (SSSR count). The summed E-state index contributed by atoms with van der Waals surface area (Å²) in [5, 5.41) is 7.23. The van der Waals surface area contributed by atoms with Crippen molar-refractivity contribution in [3.63, 3.8) is 0 Å². The molecule has 0 atom stereocenters. The number of primary amides is 1. The Kier molecular flexibility index (Phi) is 4.52. The molecule has 1 aliphatic heterocycles. The van der Waals surface area contributed by atoms with Crippen LogP contribution >= 0.6 is 0 Å². The molecule has 1 fully saturated rings. The average Bonchev–Trinajstić information content (AvgIpc) is 2.76. The maximum atomic E-state index is 11.1. The Morgan fingerprint density at radius 3 is 2.74 bits per heavy atom. The number of hydrogen-bond acceptors (Lipinski definition) is 4. The van der Waals surface area contributed by atoms with Crippen LogP contribution < -0.4 is 5.73 Å². The van der Waals surface area contributed by atoms with E-state index in [0.717, 1.165) is 50.5 Å². The second-order valence-electron chi connectivity index (χ2n) is 5.75. The summed E-state index contributed by atoms with van der Waals surface area (Å²) >= 11 is 0. The Labute approximate surface area is 113 Å². The molecule has 19 heavy (non-hydrogen) atoms. The van der Waals surface area contributed by atoms with Crippen molar-refractivity contribution in [1.82, 2.24) is 20.1 Å². The molecule has 0 unspecified atom stereocenters. The Bertz CT molecular complexity index is 420. The summed E-state index contributed by atoms with van der Waals surface area (Å²) in [6.45, 7) is 6.88. The van der Waals surface area contributed by atoms with Gasteiger partial charge in [0.05, 0.1) is 6.54 Å². The van der Waals surface area contributed by atoms with Gasteiger partial charge in [0.1, 0.15) is 5.82 Å². The predicted octanol–water partition coefficient (Wildman–Crippen LogP) is 0.701. The van der Waals surface area contributed by atoms with E-state index in [1.807, 2.05) is 0 Å². The molecule has 1 aromatic heterocycles. The highest BCUT2D eigenvalue weighted by Crippen LogP contribution is 2.17. The zero-order chi connectivity index (χ0) is 13.8. The zero-order valence-corrected chi connectivity index (χ0v) is 11.7. The van der Waals surface area contributed by atoms with Crippen molar-refractivity contribution in [3.05, 3.63) is 11.6 Å². The van der Waals surface area contributed by atoms with Gasteiger partial charge in [-0.1, -0.05) is 13.8 Å². The molecular weight excluding hydrogens is 242 g/mol. The molecule has 1 aromatic rings. The number of aromatic amines is 1. The van der Waals surface area contributed by atoms with Gasteiger partial charge >= 0.3 is 0 Å². The van der Waals surface area contributed by atoms with E-state index in [1.54, 1.807) is 0 Å². The number of amides is 1. The second-order valence-corrected chi connectivity index (χ2v) is 5.75. The van der Waals surface area contributed by atoms with Gasteiger partial charge in [-0.3, -0.25) is 14.8 Å². The first-order chi connectivity index (χ1) is 9.04. The van der Waals surface area contributed by atoms with Gasteiger partial charge in [-0.05, 0) is 31.8 Å². The lowest BCUT2D eigenvalue weighted by Crippen LogP contribution is -2.38. The molecular formula is C13H23N5O. The van der Waals surface area contributed by atoms with Gasteiger partial charge in [-0.2, -0.15) is 5.10 Å². The quantitative estimate of drug-likeness (QED) is 0.820. The predicted molar refractivity (Wildman–Crippen MR) is 72.1 cm³/mol. The van der Waals surface area contributed by atoms with Crippen molar-refractivity contribution < 1.29 is 4.79 Å². The summed E-state index contributed by atoms with van der Waals surface area (Å²) in [5.41, 5.74) is 5.33. The largest absolute Gasteiger partial charge is 0.369 e. The normalized spacial score (nSPS) is 18.1. The molecule has 106 valence electrons. The topological polar surface area (TPSA) is 87.9 Å². The van der Waals surface area contributed by atoms with Crippen LogP contribution in [0.4, 0.5) is 0 Å². The first-order valence-corrected chi connectivity index (χ1v) is 6.96. The number of nitrogens with zero attached hydrogens (tertiary/aromatic N) is 3. The molecule has 3 N–H and O–H groups in total. The van der Waals surface area contributed by atoms with Gasteiger partial charge in [-0.15, -0.1) is 0 Å². The fourth-order valence-corrected chi connectivity index (χ4v) is 2.45. The third-order valence-corrected chi connectivity index (χ3v) is 3.53. The van der Waals surface area contributed by atoms with Crippen LogP contribution in [0.3, 0.4) is 0 Å². The monoisotopic (exact) mass is 265 g/mol. The molecule has 1 saturated heterocycles. The molecule has 0 spiro atoms. The standard InChI is InChI=1S/C13H23N5O/c1-9(2)7-11-15-12(17-16-11)8-18-5-3-10(4-6-18)13(14)19/h9-10H,3-8H2,1-2H3,(H2,14,19)(H,15,16,17). The maximum Gasteiger partial charge on any atom is 0.220 e. The highest BCUT2D eigenvalue weighted by Gasteiger charge is 2.23. The summed E-state index contributed by atoms with van der Waals surface area (Å²) < 4.78 is 0. The number of nitrogens with two attached hydrogens (primary N) is 1. The molecule has 0 aromatic carbocycles. The zero-order valence-electron chi connectivity index (χ0n) is 11.7. The summed E-state index contributed by atoms with van der Waals surface area (Å²) in [7, 11) is 0. The van der Waals surface area contributed by atoms with E-state index in [0.29, 0.717) is 5.92 Å². The summed E-state index contributed by atoms with van der Waals surface area (Å²) in [4.78, 5) is 17.9. The second kappa shape index (κ2) is 6.14. The lowest BCUT2D eigenvalue weighted by atomic mass is 9.96. The Morgan fingerprint density at radius 1 is 1.47 bits per heavy atom. The number of rotatable bonds is 5.